The van der Waals surface area contributed by atoms with E-state index in [9.17, 15) is 5.11 Å². The van der Waals surface area contributed by atoms with Gasteiger partial charge in [-0.2, -0.15) is 0 Å². The minimum Gasteiger partial charge on any atom is -0.378 e. The number of benzene rings is 1. The van der Waals surface area contributed by atoms with Crippen LogP contribution >= 0.6 is 0 Å². The first-order chi connectivity index (χ1) is 7.93. The van der Waals surface area contributed by atoms with E-state index in [1.54, 1.807) is 6.92 Å². The number of hydrogen-bond acceptors (Lipinski definition) is 1. The third kappa shape index (κ3) is 5.06. The van der Waals surface area contributed by atoms with Gasteiger partial charge in [0.05, 0.1) is 0 Å². The van der Waals surface area contributed by atoms with Crippen LogP contribution in [-0.4, -0.2) is 10.7 Å². The summed E-state index contributed by atoms with van der Waals surface area (Å²) in [4.78, 5) is 0. The SMILES string of the molecule is CCC(C)CC(C)(O)C#Cc1cccc(C)c1. The first-order valence-corrected chi connectivity index (χ1v) is 6.25. The van der Waals surface area contributed by atoms with E-state index >= 15 is 0 Å². The van der Waals surface area contributed by atoms with Crippen LogP contribution in [0.2, 0.25) is 0 Å². The summed E-state index contributed by atoms with van der Waals surface area (Å²) in [7, 11) is 0. The zero-order valence-electron chi connectivity index (χ0n) is 11.2. The molecule has 92 valence electrons. The molecule has 1 N–H and O–H groups in total. The monoisotopic (exact) mass is 230 g/mol. The molecule has 0 fully saturated rings. The molecule has 17 heavy (non-hydrogen) atoms. The zero-order chi connectivity index (χ0) is 12.9. The van der Waals surface area contributed by atoms with Gasteiger partial charge in [-0.05, 0) is 43.9 Å². The lowest BCUT2D eigenvalue weighted by Crippen LogP contribution is -2.24. The van der Waals surface area contributed by atoms with Gasteiger partial charge in [0.15, 0.2) is 0 Å². The standard InChI is InChI=1S/C16H22O/c1-5-13(2)12-16(4,17)10-9-15-8-6-7-14(3)11-15/h6-8,11,13,17H,5,12H2,1-4H3. The fourth-order valence-electron chi connectivity index (χ4n) is 1.80. The van der Waals surface area contributed by atoms with Crippen molar-refractivity contribution in [2.75, 3.05) is 0 Å². The smallest absolute Gasteiger partial charge is 0.123 e. The Morgan fingerprint density at radius 3 is 2.71 bits per heavy atom. The van der Waals surface area contributed by atoms with Gasteiger partial charge in [-0.1, -0.05) is 44.2 Å². The Morgan fingerprint density at radius 2 is 2.12 bits per heavy atom. The predicted octanol–water partition coefficient (Wildman–Crippen LogP) is 3.53. The molecular weight excluding hydrogens is 208 g/mol. The first-order valence-electron chi connectivity index (χ1n) is 6.25. The van der Waals surface area contributed by atoms with E-state index in [1.165, 1.54) is 5.56 Å². The molecule has 1 aromatic carbocycles. The van der Waals surface area contributed by atoms with Gasteiger partial charge >= 0.3 is 0 Å². The van der Waals surface area contributed by atoms with Crippen molar-refractivity contribution >= 4 is 0 Å². The highest BCUT2D eigenvalue weighted by atomic mass is 16.3. The van der Waals surface area contributed by atoms with Crippen molar-refractivity contribution in [3.8, 4) is 11.8 Å². The average Bonchev–Trinajstić information content (AvgIpc) is 2.26. The minimum absolute atomic E-state index is 0.497. The van der Waals surface area contributed by atoms with Gasteiger partial charge in [-0.25, -0.2) is 0 Å². The van der Waals surface area contributed by atoms with E-state index in [2.05, 4.69) is 25.7 Å². The molecule has 1 nitrogen and oxygen atoms in total. The minimum atomic E-state index is -0.890. The number of aryl methyl sites for hydroxylation is 1. The van der Waals surface area contributed by atoms with Crippen molar-refractivity contribution in [3.05, 3.63) is 35.4 Å². The number of hydrogen-bond donors (Lipinski definition) is 1. The second kappa shape index (κ2) is 5.89. The maximum Gasteiger partial charge on any atom is 0.123 e. The fourth-order valence-corrected chi connectivity index (χ4v) is 1.80. The average molecular weight is 230 g/mol. The molecule has 1 rings (SSSR count). The molecule has 0 aliphatic rings. The molecule has 1 aromatic rings. The van der Waals surface area contributed by atoms with Gasteiger partial charge < -0.3 is 5.11 Å². The summed E-state index contributed by atoms with van der Waals surface area (Å²) < 4.78 is 0. The summed E-state index contributed by atoms with van der Waals surface area (Å²) in [6.07, 6.45) is 1.80. The summed E-state index contributed by atoms with van der Waals surface area (Å²) in [5.74, 6) is 6.53. The highest BCUT2D eigenvalue weighted by Crippen LogP contribution is 2.18. The van der Waals surface area contributed by atoms with E-state index in [0.29, 0.717) is 5.92 Å². The Balaban J connectivity index is 2.77. The second-order valence-corrected chi connectivity index (χ2v) is 5.11. The van der Waals surface area contributed by atoms with Crippen LogP contribution in [-0.2, 0) is 0 Å². The molecule has 0 radical (unpaired) electrons. The zero-order valence-corrected chi connectivity index (χ0v) is 11.2. The molecule has 2 unspecified atom stereocenters. The molecule has 0 aliphatic carbocycles. The molecule has 0 amide bonds. The Bertz CT molecular complexity index is 421. The van der Waals surface area contributed by atoms with Crippen LogP contribution in [0.4, 0.5) is 0 Å². The van der Waals surface area contributed by atoms with Crippen LogP contribution in [0.3, 0.4) is 0 Å². The summed E-state index contributed by atoms with van der Waals surface area (Å²) in [5, 5.41) is 10.2. The molecule has 0 aliphatic heterocycles. The van der Waals surface area contributed by atoms with Crippen LogP contribution in [0.5, 0.6) is 0 Å². The van der Waals surface area contributed by atoms with E-state index in [4.69, 9.17) is 0 Å². The summed E-state index contributed by atoms with van der Waals surface area (Å²) in [6, 6.07) is 8.04. The molecule has 2 atom stereocenters. The third-order valence-corrected chi connectivity index (χ3v) is 2.94. The van der Waals surface area contributed by atoms with Crippen LogP contribution in [0.1, 0.15) is 44.7 Å². The van der Waals surface area contributed by atoms with Crippen molar-refractivity contribution in [1.29, 1.82) is 0 Å². The molecule has 0 heterocycles. The molecule has 0 bridgehead atoms. The summed E-state index contributed by atoms with van der Waals surface area (Å²) >= 11 is 0. The van der Waals surface area contributed by atoms with Crippen molar-refractivity contribution in [2.45, 2.75) is 46.1 Å². The maximum absolute atomic E-state index is 10.2. The van der Waals surface area contributed by atoms with E-state index < -0.39 is 5.60 Å². The Hall–Kier alpha value is -1.26. The molecule has 0 aromatic heterocycles. The van der Waals surface area contributed by atoms with Crippen LogP contribution < -0.4 is 0 Å². The highest BCUT2D eigenvalue weighted by molar-refractivity contribution is 5.38. The summed E-state index contributed by atoms with van der Waals surface area (Å²) in [5.41, 5.74) is 1.27. The Labute approximate surface area is 105 Å². The number of rotatable bonds is 3. The fraction of sp³-hybridized carbons (Fsp3) is 0.500. The Morgan fingerprint density at radius 1 is 1.41 bits per heavy atom. The van der Waals surface area contributed by atoms with E-state index in [-0.39, 0.29) is 0 Å². The van der Waals surface area contributed by atoms with Crippen LogP contribution in [0, 0.1) is 24.7 Å². The van der Waals surface area contributed by atoms with Gasteiger partial charge in [0.1, 0.15) is 5.60 Å². The van der Waals surface area contributed by atoms with Gasteiger partial charge in [0.25, 0.3) is 0 Å². The van der Waals surface area contributed by atoms with Gasteiger partial charge in [-0.3, -0.25) is 0 Å². The highest BCUT2D eigenvalue weighted by Gasteiger charge is 2.19. The quantitative estimate of drug-likeness (QED) is 0.788. The lowest BCUT2D eigenvalue weighted by Gasteiger charge is -2.20. The molecule has 0 saturated carbocycles. The second-order valence-electron chi connectivity index (χ2n) is 5.11. The number of aliphatic hydroxyl groups is 1. The molecule has 0 saturated heterocycles. The normalized spacial score (nSPS) is 15.6. The van der Waals surface area contributed by atoms with E-state index in [1.807, 2.05) is 31.2 Å². The first kappa shape index (κ1) is 13.8. The maximum atomic E-state index is 10.2. The third-order valence-electron chi connectivity index (χ3n) is 2.94. The van der Waals surface area contributed by atoms with Gasteiger partial charge in [-0.15, -0.1) is 0 Å². The molecular formula is C16H22O. The lowest BCUT2D eigenvalue weighted by molar-refractivity contribution is 0.0939. The summed E-state index contributed by atoms with van der Waals surface area (Å²) in [6.45, 7) is 8.11. The van der Waals surface area contributed by atoms with Crippen molar-refractivity contribution in [1.82, 2.24) is 0 Å². The predicted molar refractivity (Wildman–Crippen MR) is 72.8 cm³/mol. The topological polar surface area (TPSA) is 20.2 Å². The van der Waals surface area contributed by atoms with E-state index in [0.717, 1.165) is 18.4 Å². The van der Waals surface area contributed by atoms with Gasteiger partial charge in [0, 0.05) is 5.56 Å². The largest absolute Gasteiger partial charge is 0.378 e. The van der Waals surface area contributed by atoms with Crippen molar-refractivity contribution < 1.29 is 5.11 Å². The lowest BCUT2D eigenvalue weighted by atomic mass is 9.92. The van der Waals surface area contributed by atoms with Crippen LogP contribution in [0.15, 0.2) is 24.3 Å². The Kier molecular flexibility index (Phi) is 4.78. The van der Waals surface area contributed by atoms with Gasteiger partial charge in [0.2, 0.25) is 0 Å². The van der Waals surface area contributed by atoms with Crippen molar-refractivity contribution in [3.63, 3.8) is 0 Å². The van der Waals surface area contributed by atoms with Crippen LogP contribution in [0.25, 0.3) is 0 Å². The van der Waals surface area contributed by atoms with Crippen molar-refractivity contribution in [2.24, 2.45) is 5.92 Å². The molecule has 0 spiro atoms. The molecule has 1 heteroatoms.